The summed E-state index contributed by atoms with van der Waals surface area (Å²) in [6, 6.07) is 15.7. The molecular weight excluding hydrogens is 450 g/mol. The Morgan fingerprint density at radius 3 is 2.37 bits per heavy atom. The van der Waals surface area contributed by atoms with Crippen LogP contribution < -0.4 is 10.6 Å². The lowest BCUT2D eigenvalue weighted by Crippen LogP contribution is -2.34. The van der Waals surface area contributed by atoms with Gasteiger partial charge in [-0.25, -0.2) is 9.78 Å². The molecule has 0 aliphatic heterocycles. The summed E-state index contributed by atoms with van der Waals surface area (Å²) in [6.07, 6.45) is 3.94. The van der Waals surface area contributed by atoms with Gasteiger partial charge in [0.2, 0.25) is 0 Å². The Hall–Kier alpha value is -4.40. The van der Waals surface area contributed by atoms with Crippen LogP contribution in [0.4, 0.5) is 4.79 Å². The zero-order chi connectivity index (χ0) is 24.4. The lowest BCUT2D eigenvalue weighted by molar-refractivity contribution is -0.140. The SMILES string of the molecule is O=C(NCc1ocnc1C(=O)NC1C=CC(C(=O)O)C1)OCC1c2ccccc2-c2ccccc21. The Balaban J connectivity index is 1.16. The highest BCUT2D eigenvalue weighted by molar-refractivity contribution is 5.93. The van der Waals surface area contributed by atoms with Crippen LogP contribution in [0.1, 0.15) is 39.7 Å². The molecule has 2 atom stereocenters. The monoisotopic (exact) mass is 473 g/mol. The number of carboxylic acids is 1. The van der Waals surface area contributed by atoms with Gasteiger partial charge in [-0.3, -0.25) is 9.59 Å². The van der Waals surface area contributed by atoms with E-state index in [0.29, 0.717) is 0 Å². The molecule has 2 aliphatic rings. The van der Waals surface area contributed by atoms with Crippen molar-refractivity contribution >= 4 is 18.0 Å². The van der Waals surface area contributed by atoms with Crippen LogP contribution in [0.3, 0.4) is 0 Å². The van der Waals surface area contributed by atoms with Gasteiger partial charge in [-0.05, 0) is 28.7 Å². The highest BCUT2D eigenvalue weighted by Gasteiger charge is 2.30. The van der Waals surface area contributed by atoms with Gasteiger partial charge in [0.15, 0.2) is 17.8 Å². The van der Waals surface area contributed by atoms with Crippen molar-refractivity contribution in [2.45, 2.75) is 24.9 Å². The van der Waals surface area contributed by atoms with E-state index in [-0.39, 0.29) is 36.9 Å². The number of aromatic nitrogens is 1. The lowest BCUT2D eigenvalue weighted by atomic mass is 9.98. The number of aliphatic carboxylic acids is 1. The van der Waals surface area contributed by atoms with Crippen LogP contribution in [0.2, 0.25) is 0 Å². The number of oxazole rings is 1. The molecule has 35 heavy (non-hydrogen) atoms. The number of hydrogen-bond acceptors (Lipinski definition) is 6. The Labute approximate surface area is 200 Å². The molecule has 0 saturated carbocycles. The minimum atomic E-state index is -0.938. The van der Waals surface area contributed by atoms with Gasteiger partial charge in [0.05, 0.1) is 12.5 Å². The second-order valence-electron chi connectivity index (χ2n) is 8.45. The van der Waals surface area contributed by atoms with Crippen molar-refractivity contribution < 1.29 is 28.6 Å². The van der Waals surface area contributed by atoms with E-state index in [1.807, 2.05) is 36.4 Å². The first-order valence-corrected chi connectivity index (χ1v) is 11.2. The molecule has 0 bridgehead atoms. The number of ether oxygens (including phenoxy) is 1. The summed E-state index contributed by atoms with van der Waals surface area (Å²) in [4.78, 5) is 40.0. The molecule has 2 aliphatic carbocycles. The van der Waals surface area contributed by atoms with E-state index in [1.165, 1.54) is 0 Å². The van der Waals surface area contributed by atoms with Gasteiger partial charge in [-0.1, -0.05) is 60.7 Å². The lowest BCUT2D eigenvalue weighted by Gasteiger charge is -2.14. The van der Waals surface area contributed by atoms with Crippen molar-refractivity contribution in [2.75, 3.05) is 6.61 Å². The number of rotatable bonds is 7. The molecule has 1 heterocycles. The largest absolute Gasteiger partial charge is 0.481 e. The molecule has 0 fully saturated rings. The van der Waals surface area contributed by atoms with Crippen LogP contribution in [0.15, 0.2) is 71.5 Å². The fourth-order valence-electron chi connectivity index (χ4n) is 4.61. The van der Waals surface area contributed by atoms with Crippen molar-refractivity contribution in [1.29, 1.82) is 0 Å². The Morgan fingerprint density at radius 2 is 1.71 bits per heavy atom. The summed E-state index contributed by atoms with van der Waals surface area (Å²) in [5.41, 5.74) is 4.53. The molecule has 2 amide bonds. The van der Waals surface area contributed by atoms with Gasteiger partial charge in [-0.15, -0.1) is 0 Å². The first kappa shape index (κ1) is 22.4. The summed E-state index contributed by atoms with van der Waals surface area (Å²) < 4.78 is 10.8. The Kier molecular flexibility index (Phi) is 6.05. The van der Waals surface area contributed by atoms with Crippen LogP contribution in [-0.4, -0.2) is 40.7 Å². The second kappa shape index (κ2) is 9.46. The summed E-state index contributed by atoms with van der Waals surface area (Å²) >= 11 is 0. The van der Waals surface area contributed by atoms with E-state index in [4.69, 9.17) is 14.3 Å². The van der Waals surface area contributed by atoms with Gasteiger partial charge in [0.1, 0.15) is 6.61 Å². The number of nitrogens with one attached hydrogen (secondary N) is 2. The predicted octanol–water partition coefficient (Wildman–Crippen LogP) is 3.47. The average molecular weight is 473 g/mol. The fourth-order valence-corrected chi connectivity index (χ4v) is 4.61. The van der Waals surface area contributed by atoms with Crippen molar-refractivity contribution in [3.8, 4) is 11.1 Å². The number of fused-ring (bicyclic) bond motifs is 3. The quantitative estimate of drug-likeness (QED) is 0.448. The highest BCUT2D eigenvalue weighted by Crippen LogP contribution is 2.44. The van der Waals surface area contributed by atoms with Crippen molar-refractivity contribution in [2.24, 2.45) is 5.92 Å². The van der Waals surface area contributed by atoms with Crippen LogP contribution in [0.5, 0.6) is 0 Å². The third kappa shape index (κ3) is 4.52. The average Bonchev–Trinajstić information content (AvgIpc) is 3.59. The smallest absolute Gasteiger partial charge is 0.407 e. The van der Waals surface area contributed by atoms with E-state index < -0.39 is 29.9 Å². The third-order valence-electron chi connectivity index (χ3n) is 6.31. The molecule has 2 unspecified atom stereocenters. The Bertz CT molecular complexity index is 1270. The van der Waals surface area contributed by atoms with Gasteiger partial charge < -0.3 is 24.9 Å². The standard InChI is InChI=1S/C26H23N3O6/c30-24(29-16-10-9-15(11-16)25(31)32)23-22(35-14-28-23)12-27-26(33)34-13-21-19-7-3-1-5-17(19)18-6-2-4-8-20(18)21/h1-10,14-16,21H,11-13H2,(H,27,33)(H,29,30)(H,31,32). The number of alkyl carbamates (subject to hydrolysis) is 1. The number of carbonyl (C=O) groups is 3. The maximum Gasteiger partial charge on any atom is 0.407 e. The fraction of sp³-hybridized carbons (Fsp3) is 0.231. The summed E-state index contributed by atoms with van der Waals surface area (Å²) in [5.74, 6) is -1.97. The molecule has 0 spiro atoms. The van der Waals surface area contributed by atoms with E-state index in [2.05, 4.69) is 27.8 Å². The van der Waals surface area contributed by atoms with E-state index >= 15 is 0 Å². The molecule has 0 radical (unpaired) electrons. The van der Waals surface area contributed by atoms with Crippen LogP contribution in [0, 0.1) is 5.92 Å². The third-order valence-corrected chi connectivity index (χ3v) is 6.31. The molecule has 5 rings (SSSR count). The molecule has 9 heteroatoms. The van der Waals surface area contributed by atoms with Gasteiger partial charge in [0, 0.05) is 12.0 Å². The molecule has 1 aromatic heterocycles. The number of hydrogen-bond donors (Lipinski definition) is 3. The minimum Gasteiger partial charge on any atom is -0.481 e. The van der Waals surface area contributed by atoms with Crippen LogP contribution in [0.25, 0.3) is 11.1 Å². The highest BCUT2D eigenvalue weighted by atomic mass is 16.5. The zero-order valence-corrected chi connectivity index (χ0v) is 18.6. The number of benzene rings is 2. The number of carboxylic acid groups (broad SMARTS) is 1. The van der Waals surface area contributed by atoms with Gasteiger partial charge in [0.25, 0.3) is 5.91 Å². The topological polar surface area (TPSA) is 131 Å². The zero-order valence-electron chi connectivity index (χ0n) is 18.6. The summed E-state index contributed by atoms with van der Waals surface area (Å²) in [6.45, 7) is 0.0834. The van der Waals surface area contributed by atoms with E-state index in [9.17, 15) is 14.4 Å². The molecule has 3 aromatic rings. The predicted molar refractivity (Wildman–Crippen MR) is 125 cm³/mol. The van der Waals surface area contributed by atoms with Crippen LogP contribution in [-0.2, 0) is 16.1 Å². The van der Waals surface area contributed by atoms with Crippen molar-refractivity contribution in [3.63, 3.8) is 0 Å². The van der Waals surface area contributed by atoms with Crippen molar-refractivity contribution in [3.05, 3.63) is 89.7 Å². The summed E-state index contributed by atoms with van der Waals surface area (Å²) in [5, 5.41) is 14.4. The normalized spacial score (nSPS) is 18.1. The number of carbonyl (C=O) groups excluding carboxylic acids is 2. The number of amides is 2. The summed E-state index contributed by atoms with van der Waals surface area (Å²) in [7, 11) is 0. The van der Waals surface area contributed by atoms with E-state index in [1.54, 1.807) is 12.2 Å². The first-order valence-electron chi connectivity index (χ1n) is 11.2. The Morgan fingerprint density at radius 1 is 1.03 bits per heavy atom. The first-order chi connectivity index (χ1) is 17.0. The molecule has 178 valence electrons. The second-order valence-corrected chi connectivity index (χ2v) is 8.45. The molecule has 3 N–H and O–H groups in total. The number of nitrogens with zero attached hydrogens (tertiary/aromatic N) is 1. The molecule has 0 saturated heterocycles. The maximum absolute atomic E-state index is 12.6. The molecular formula is C26H23N3O6. The molecule has 9 nitrogen and oxygen atoms in total. The van der Waals surface area contributed by atoms with Gasteiger partial charge >= 0.3 is 12.1 Å². The molecule has 2 aromatic carbocycles. The van der Waals surface area contributed by atoms with Crippen molar-refractivity contribution in [1.82, 2.24) is 15.6 Å². The van der Waals surface area contributed by atoms with Gasteiger partial charge in [-0.2, -0.15) is 0 Å². The maximum atomic E-state index is 12.6. The van der Waals surface area contributed by atoms with E-state index in [0.717, 1.165) is 28.6 Å². The minimum absolute atomic E-state index is 0.0242. The van der Waals surface area contributed by atoms with Crippen LogP contribution >= 0.6 is 0 Å².